The summed E-state index contributed by atoms with van der Waals surface area (Å²) in [6.45, 7) is 0.0490. The van der Waals surface area contributed by atoms with Gasteiger partial charge in [0, 0.05) is 13.2 Å². The first kappa shape index (κ1) is 7.85. The zero-order valence-corrected chi connectivity index (χ0v) is 7.13. The molecule has 1 aromatic rings. The van der Waals surface area contributed by atoms with Crippen LogP contribution in [0.2, 0.25) is 0 Å². The predicted octanol–water partition coefficient (Wildman–Crippen LogP) is 0.454. The van der Waals surface area contributed by atoms with Crippen LogP contribution < -0.4 is 15.4 Å². The number of amides is 1. The van der Waals surface area contributed by atoms with Gasteiger partial charge in [-0.05, 0) is 6.07 Å². The van der Waals surface area contributed by atoms with E-state index in [0.717, 1.165) is 5.69 Å². The summed E-state index contributed by atoms with van der Waals surface area (Å²) >= 11 is 0. The summed E-state index contributed by atoms with van der Waals surface area (Å²) in [5.74, 6) is 0.904. The summed E-state index contributed by atoms with van der Waals surface area (Å²) < 4.78 is 5.22. The van der Waals surface area contributed by atoms with Gasteiger partial charge in [0.25, 0.3) is 5.91 Å². The van der Waals surface area contributed by atoms with Gasteiger partial charge in [-0.3, -0.25) is 4.79 Å². The van der Waals surface area contributed by atoms with Crippen molar-refractivity contribution in [2.75, 3.05) is 24.3 Å². The maximum absolute atomic E-state index is 10.9. The van der Waals surface area contributed by atoms with Crippen molar-refractivity contribution in [2.45, 2.75) is 0 Å². The Morgan fingerprint density at radius 2 is 2.54 bits per heavy atom. The molecule has 0 atom stereocenters. The van der Waals surface area contributed by atoms with Crippen molar-refractivity contribution < 1.29 is 9.53 Å². The third kappa shape index (κ3) is 1.28. The van der Waals surface area contributed by atoms with E-state index in [1.54, 1.807) is 19.3 Å². The standard InChI is InChI=1S/C8H9N3O2/c1-9-5-2-3-10-8-7(5)13-4-6(12)11-8/h2-3H,4H2,1H3,(H2,9,10,11,12). The van der Waals surface area contributed by atoms with Gasteiger partial charge < -0.3 is 15.4 Å². The van der Waals surface area contributed by atoms with Crippen molar-refractivity contribution in [3.8, 4) is 5.75 Å². The van der Waals surface area contributed by atoms with E-state index in [-0.39, 0.29) is 12.5 Å². The van der Waals surface area contributed by atoms with Gasteiger partial charge in [-0.1, -0.05) is 0 Å². The molecule has 2 N–H and O–H groups in total. The van der Waals surface area contributed by atoms with Crippen LogP contribution in [0.5, 0.6) is 5.75 Å². The molecule has 0 fully saturated rings. The van der Waals surface area contributed by atoms with E-state index in [1.165, 1.54) is 0 Å². The number of rotatable bonds is 1. The molecule has 0 unspecified atom stereocenters. The normalized spacial score (nSPS) is 14.1. The Morgan fingerprint density at radius 3 is 3.31 bits per heavy atom. The molecule has 0 saturated carbocycles. The van der Waals surface area contributed by atoms with E-state index in [1.807, 2.05) is 0 Å². The van der Waals surface area contributed by atoms with Crippen LogP contribution in [0.1, 0.15) is 0 Å². The first-order chi connectivity index (χ1) is 6.31. The lowest BCUT2D eigenvalue weighted by atomic mass is 10.3. The molecule has 1 amide bonds. The molecule has 0 bridgehead atoms. The number of carbonyl (C=O) groups is 1. The minimum absolute atomic E-state index is 0.0490. The lowest BCUT2D eigenvalue weighted by Crippen LogP contribution is -2.26. The molecular weight excluding hydrogens is 170 g/mol. The number of carbonyl (C=O) groups excluding carboxylic acids is 1. The molecule has 1 aliphatic heterocycles. The number of fused-ring (bicyclic) bond motifs is 1. The van der Waals surface area contributed by atoms with Gasteiger partial charge >= 0.3 is 0 Å². The van der Waals surface area contributed by atoms with Crippen LogP contribution in [0.3, 0.4) is 0 Å². The molecule has 68 valence electrons. The van der Waals surface area contributed by atoms with E-state index >= 15 is 0 Å². The summed E-state index contributed by atoms with van der Waals surface area (Å²) in [6, 6.07) is 1.79. The van der Waals surface area contributed by atoms with Crippen LogP contribution in [0, 0.1) is 0 Å². The fourth-order valence-corrected chi connectivity index (χ4v) is 1.19. The number of ether oxygens (including phenoxy) is 1. The van der Waals surface area contributed by atoms with Crippen molar-refractivity contribution in [1.82, 2.24) is 4.98 Å². The molecule has 5 heteroatoms. The van der Waals surface area contributed by atoms with Gasteiger partial charge in [0.2, 0.25) is 0 Å². The number of hydrogen-bond acceptors (Lipinski definition) is 4. The molecule has 1 aromatic heterocycles. The van der Waals surface area contributed by atoms with Gasteiger partial charge in [-0.2, -0.15) is 0 Å². The highest BCUT2D eigenvalue weighted by Crippen LogP contribution is 2.32. The third-order valence-corrected chi connectivity index (χ3v) is 1.78. The summed E-state index contributed by atoms with van der Waals surface area (Å²) in [5.41, 5.74) is 0.824. The quantitative estimate of drug-likeness (QED) is 0.657. The Balaban J connectivity index is 2.45. The Labute approximate surface area is 75.1 Å². The van der Waals surface area contributed by atoms with Crippen LogP contribution in [0.15, 0.2) is 12.3 Å². The fourth-order valence-electron chi connectivity index (χ4n) is 1.19. The Kier molecular flexibility index (Phi) is 1.77. The molecule has 13 heavy (non-hydrogen) atoms. The van der Waals surface area contributed by atoms with E-state index in [4.69, 9.17) is 4.74 Å². The monoisotopic (exact) mass is 179 g/mol. The van der Waals surface area contributed by atoms with Gasteiger partial charge in [0.05, 0.1) is 5.69 Å². The fraction of sp³-hybridized carbons (Fsp3) is 0.250. The molecule has 0 aliphatic carbocycles. The summed E-state index contributed by atoms with van der Waals surface area (Å²) in [4.78, 5) is 14.9. The minimum Gasteiger partial charge on any atom is -0.478 e. The second-order valence-corrected chi connectivity index (χ2v) is 2.62. The molecule has 0 spiro atoms. The molecular formula is C8H9N3O2. The molecule has 0 saturated heterocycles. The number of nitrogens with zero attached hydrogens (tertiary/aromatic N) is 1. The Morgan fingerprint density at radius 1 is 1.69 bits per heavy atom. The van der Waals surface area contributed by atoms with Crippen molar-refractivity contribution >= 4 is 17.4 Å². The Bertz CT molecular complexity index is 351. The highest BCUT2D eigenvalue weighted by molar-refractivity contribution is 5.95. The van der Waals surface area contributed by atoms with Crippen molar-refractivity contribution in [3.63, 3.8) is 0 Å². The van der Waals surface area contributed by atoms with E-state index in [2.05, 4.69) is 15.6 Å². The van der Waals surface area contributed by atoms with Crippen LogP contribution >= 0.6 is 0 Å². The first-order valence-electron chi connectivity index (χ1n) is 3.90. The smallest absolute Gasteiger partial charge is 0.263 e. The minimum atomic E-state index is -0.173. The summed E-state index contributed by atoms with van der Waals surface area (Å²) in [6.07, 6.45) is 1.61. The van der Waals surface area contributed by atoms with Crippen LogP contribution in [-0.4, -0.2) is 24.5 Å². The summed E-state index contributed by atoms with van der Waals surface area (Å²) in [7, 11) is 1.79. The molecule has 2 rings (SSSR count). The summed E-state index contributed by atoms with van der Waals surface area (Å²) in [5, 5.41) is 5.57. The Hall–Kier alpha value is -1.78. The van der Waals surface area contributed by atoms with Crippen molar-refractivity contribution in [1.29, 1.82) is 0 Å². The maximum atomic E-state index is 10.9. The van der Waals surface area contributed by atoms with Gasteiger partial charge in [-0.15, -0.1) is 0 Å². The average Bonchev–Trinajstić information content (AvgIpc) is 2.16. The number of nitrogens with one attached hydrogen (secondary N) is 2. The average molecular weight is 179 g/mol. The predicted molar refractivity (Wildman–Crippen MR) is 47.9 cm³/mol. The van der Waals surface area contributed by atoms with Crippen LogP contribution in [0.4, 0.5) is 11.5 Å². The molecule has 0 radical (unpaired) electrons. The molecule has 0 aromatic carbocycles. The van der Waals surface area contributed by atoms with Gasteiger partial charge in [0.15, 0.2) is 18.2 Å². The van der Waals surface area contributed by atoms with E-state index in [9.17, 15) is 4.79 Å². The lowest BCUT2D eigenvalue weighted by molar-refractivity contribution is -0.118. The highest BCUT2D eigenvalue weighted by Gasteiger charge is 2.19. The SMILES string of the molecule is CNc1ccnc2c1OCC(=O)N2. The highest BCUT2D eigenvalue weighted by atomic mass is 16.5. The van der Waals surface area contributed by atoms with E-state index in [0.29, 0.717) is 11.6 Å². The largest absolute Gasteiger partial charge is 0.478 e. The third-order valence-electron chi connectivity index (χ3n) is 1.78. The zero-order chi connectivity index (χ0) is 9.26. The molecule has 5 nitrogen and oxygen atoms in total. The number of aromatic nitrogens is 1. The zero-order valence-electron chi connectivity index (χ0n) is 7.13. The van der Waals surface area contributed by atoms with Crippen LogP contribution in [0.25, 0.3) is 0 Å². The van der Waals surface area contributed by atoms with Gasteiger partial charge in [-0.25, -0.2) is 4.98 Å². The second-order valence-electron chi connectivity index (χ2n) is 2.62. The van der Waals surface area contributed by atoms with E-state index < -0.39 is 0 Å². The first-order valence-corrected chi connectivity index (χ1v) is 3.90. The topological polar surface area (TPSA) is 63.3 Å². The second kappa shape index (κ2) is 2.93. The van der Waals surface area contributed by atoms with Gasteiger partial charge in [0.1, 0.15) is 0 Å². The number of hydrogen-bond donors (Lipinski definition) is 2. The number of anilines is 2. The van der Waals surface area contributed by atoms with Crippen molar-refractivity contribution in [2.24, 2.45) is 0 Å². The maximum Gasteiger partial charge on any atom is 0.263 e. The lowest BCUT2D eigenvalue weighted by Gasteiger charge is -2.18. The van der Waals surface area contributed by atoms with Crippen molar-refractivity contribution in [3.05, 3.63) is 12.3 Å². The number of pyridine rings is 1. The molecule has 2 heterocycles. The molecule has 1 aliphatic rings. The van der Waals surface area contributed by atoms with Crippen LogP contribution in [-0.2, 0) is 4.79 Å².